The van der Waals surface area contributed by atoms with Crippen molar-refractivity contribution in [2.75, 3.05) is 5.32 Å². The second kappa shape index (κ2) is 5.78. The normalized spacial score (nSPS) is 11.0. The molecule has 24 heavy (non-hydrogen) atoms. The number of aromatic nitrogens is 1. The van der Waals surface area contributed by atoms with E-state index in [-0.39, 0.29) is 5.56 Å². The van der Waals surface area contributed by atoms with Crippen LogP contribution in [0.15, 0.2) is 53.9 Å². The number of hydrogen-bond acceptors (Lipinski definition) is 4. The maximum atomic E-state index is 11.2. The Bertz CT molecular complexity index is 1070. The Kier molecular flexibility index (Phi) is 3.59. The molecule has 0 saturated carbocycles. The van der Waals surface area contributed by atoms with Crippen LogP contribution in [0.4, 0.5) is 11.5 Å². The van der Waals surface area contributed by atoms with Crippen LogP contribution in [0.3, 0.4) is 0 Å². The lowest BCUT2D eigenvalue weighted by molar-refractivity contribution is 0.0697. The highest BCUT2D eigenvalue weighted by Crippen LogP contribution is 2.35. The van der Waals surface area contributed by atoms with Crippen LogP contribution >= 0.6 is 22.9 Å². The Morgan fingerprint density at radius 2 is 1.88 bits per heavy atom. The molecule has 0 unspecified atom stereocenters. The van der Waals surface area contributed by atoms with Crippen LogP contribution in [-0.2, 0) is 0 Å². The Balaban J connectivity index is 1.90. The number of benzene rings is 2. The molecule has 2 heterocycles. The fourth-order valence-corrected chi connectivity index (χ4v) is 3.66. The number of halogens is 1. The summed E-state index contributed by atoms with van der Waals surface area (Å²) in [5.74, 6) is -0.263. The molecule has 2 aromatic heterocycles. The fraction of sp³-hybridized carbons (Fsp3) is 0. The summed E-state index contributed by atoms with van der Waals surface area (Å²) in [7, 11) is 0. The predicted octanol–water partition coefficient (Wildman–Crippen LogP) is 5.54. The third kappa shape index (κ3) is 2.58. The van der Waals surface area contributed by atoms with Crippen molar-refractivity contribution in [1.29, 1.82) is 0 Å². The zero-order valence-corrected chi connectivity index (χ0v) is 13.9. The lowest BCUT2D eigenvalue weighted by atomic mass is 10.1. The van der Waals surface area contributed by atoms with Crippen LogP contribution in [0.1, 0.15) is 10.4 Å². The molecule has 0 atom stereocenters. The smallest absolute Gasteiger partial charge is 0.335 e. The molecule has 4 rings (SSSR count). The van der Waals surface area contributed by atoms with Gasteiger partial charge in [-0.05, 0) is 47.8 Å². The highest BCUT2D eigenvalue weighted by Gasteiger charge is 2.12. The number of carboxylic acid groups (broad SMARTS) is 1. The maximum absolute atomic E-state index is 11.2. The molecule has 0 aliphatic carbocycles. The van der Waals surface area contributed by atoms with Crippen LogP contribution in [0.25, 0.3) is 21.0 Å². The van der Waals surface area contributed by atoms with Crippen LogP contribution in [0.2, 0.25) is 5.02 Å². The number of aromatic carboxylic acids is 1. The van der Waals surface area contributed by atoms with Crippen molar-refractivity contribution in [2.45, 2.75) is 0 Å². The molecule has 4 nitrogen and oxygen atoms in total. The van der Waals surface area contributed by atoms with Crippen LogP contribution in [-0.4, -0.2) is 16.1 Å². The molecule has 0 bridgehead atoms. The van der Waals surface area contributed by atoms with Crippen molar-refractivity contribution in [3.05, 3.63) is 64.5 Å². The molecule has 118 valence electrons. The number of nitrogens with zero attached hydrogens (tertiary/aromatic N) is 1. The van der Waals surface area contributed by atoms with E-state index in [2.05, 4.69) is 10.3 Å². The average molecular weight is 355 g/mol. The molecule has 6 heteroatoms. The van der Waals surface area contributed by atoms with E-state index in [4.69, 9.17) is 11.6 Å². The Morgan fingerprint density at radius 3 is 2.62 bits per heavy atom. The van der Waals surface area contributed by atoms with E-state index < -0.39 is 5.97 Å². The van der Waals surface area contributed by atoms with Crippen molar-refractivity contribution < 1.29 is 9.90 Å². The first-order valence-electron chi connectivity index (χ1n) is 7.19. The van der Waals surface area contributed by atoms with E-state index in [0.29, 0.717) is 16.4 Å². The molecule has 0 spiro atoms. The predicted molar refractivity (Wildman–Crippen MR) is 98.8 cm³/mol. The van der Waals surface area contributed by atoms with Gasteiger partial charge in [0.1, 0.15) is 5.82 Å². The second-order valence-corrected chi connectivity index (χ2v) is 6.65. The van der Waals surface area contributed by atoms with Gasteiger partial charge in [0.25, 0.3) is 0 Å². The monoisotopic (exact) mass is 354 g/mol. The number of thiophene rings is 1. The summed E-state index contributed by atoms with van der Waals surface area (Å²) in [5, 5.41) is 17.1. The van der Waals surface area contributed by atoms with E-state index in [0.717, 1.165) is 21.2 Å². The number of nitrogens with one attached hydrogen (secondary N) is 1. The lowest BCUT2D eigenvalue weighted by Crippen LogP contribution is -1.98. The van der Waals surface area contributed by atoms with E-state index in [1.54, 1.807) is 35.6 Å². The van der Waals surface area contributed by atoms with Crippen molar-refractivity contribution in [2.24, 2.45) is 0 Å². The minimum Gasteiger partial charge on any atom is -0.478 e. The molecule has 0 saturated heterocycles. The maximum Gasteiger partial charge on any atom is 0.335 e. The number of fused-ring (bicyclic) bond motifs is 3. The van der Waals surface area contributed by atoms with Gasteiger partial charge in [0.15, 0.2) is 0 Å². The zero-order valence-electron chi connectivity index (χ0n) is 12.3. The summed E-state index contributed by atoms with van der Waals surface area (Å²) >= 11 is 7.53. The molecular formula is C18H11ClN2O2S. The number of carboxylic acids is 1. The molecular weight excluding hydrogens is 344 g/mol. The SMILES string of the molecule is O=C(O)c1ccc2c(c1)nc(Nc1ccc(Cl)cc1)c1ccsc12. The summed E-state index contributed by atoms with van der Waals surface area (Å²) in [6.07, 6.45) is 0. The summed E-state index contributed by atoms with van der Waals surface area (Å²) in [6.45, 7) is 0. The minimum atomic E-state index is -0.961. The lowest BCUT2D eigenvalue weighted by Gasteiger charge is -2.10. The largest absolute Gasteiger partial charge is 0.478 e. The van der Waals surface area contributed by atoms with Crippen molar-refractivity contribution in [1.82, 2.24) is 4.98 Å². The van der Waals surface area contributed by atoms with E-state index >= 15 is 0 Å². The summed E-state index contributed by atoms with van der Waals surface area (Å²) in [6, 6.07) is 14.4. The van der Waals surface area contributed by atoms with Crippen LogP contribution in [0, 0.1) is 0 Å². The number of rotatable bonds is 3. The van der Waals surface area contributed by atoms with Gasteiger partial charge in [-0.15, -0.1) is 11.3 Å². The van der Waals surface area contributed by atoms with Gasteiger partial charge < -0.3 is 10.4 Å². The minimum absolute atomic E-state index is 0.225. The van der Waals surface area contributed by atoms with Crippen LogP contribution in [0.5, 0.6) is 0 Å². The standard InChI is InChI=1S/C18H11ClN2O2S/c19-11-2-4-12(5-3-11)20-17-14-7-8-24-16(14)13-6-1-10(18(22)23)9-15(13)21-17/h1-9H,(H,20,21)(H,22,23). The third-order valence-electron chi connectivity index (χ3n) is 3.75. The molecule has 0 aliphatic heterocycles. The van der Waals surface area contributed by atoms with Crippen LogP contribution < -0.4 is 5.32 Å². The summed E-state index contributed by atoms with van der Waals surface area (Å²) in [5.41, 5.74) is 1.75. The van der Waals surface area contributed by atoms with E-state index in [1.165, 1.54) is 0 Å². The number of anilines is 2. The van der Waals surface area contributed by atoms with E-state index in [1.807, 2.05) is 29.6 Å². The summed E-state index contributed by atoms with van der Waals surface area (Å²) in [4.78, 5) is 15.8. The second-order valence-electron chi connectivity index (χ2n) is 5.29. The van der Waals surface area contributed by atoms with Gasteiger partial charge in [-0.25, -0.2) is 9.78 Å². The zero-order chi connectivity index (χ0) is 16.7. The molecule has 0 fully saturated rings. The quantitative estimate of drug-likeness (QED) is 0.506. The molecule has 2 aromatic carbocycles. The highest BCUT2D eigenvalue weighted by atomic mass is 35.5. The van der Waals surface area contributed by atoms with Crippen molar-refractivity contribution in [3.63, 3.8) is 0 Å². The number of carbonyl (C=O) groups is 1. The van der Waals surface area contributed by atoms with Gasteiger partial charge in [-0.3, -0.25) is 0 Å². The average Bonchev–Trinajstić information content (AvgIpc) is 3.06. The number of pyridine rings is 1. The summed E-state index contributed by atoms with van der Waals surface area (Å²) < 4.78 is 1.08. The van der Waals surface area contributed by atoms with Crippen molar-refractivity contribution in [3.8, 4) is 0 Å². The first-order chi connectivity index (χ1) is 11.6. The van der Waals surface area contributed by atoms with Crippen molar-refractivity contribution >= 4 is 61.4 Å². The topological polar surface area (TPSA) is 62.2 Å². The fourth-order valence-electron chi connectivity index (χ4n) is 2.60. The van der Waals surface area contributed by atoms with Gasteiger partial charge in [0.2, 0.25) is 0 Å². The first kappa shape index (κ1) is 14.9. The van der Waals surface area contributed by atoms with Gasteiger partial charge in [-0.1, -0.05) is 17.7 Å². The molecule has 4 aromatic rings. The molecule has 0 radical (unpaired) electrons. The molecule has 0 aliphatic rings. The Labute approximate surface area is 146 Å². The molecule has 2 N–H and O–H groups in total. The Morgan fingerprint density at radius 1 is 1.08 bits per heavy atom. The first-order valence-corrected chi connectivity index (χ1v) is 8.44. The highest BCUT2D eigenvalue weighted by molar-refractivity contribution is 7.18. The van der Waals surface area contributed by atoms with E-state index in [9.17, 15) is 9.90 Å². The number of hydrogen-bond donors (Lipinski definition) is 2. The third-order valence-corrected chi connectivity index (χ3v) is 4.95. The molecule has 0 amide bonds. The van der Waals surface area contributed by atoms with Gasteiger partial charge in [0, 0.05) is 26.2 Å². The van der Waals surface area contributed by atoms with Gasteiger partial charge in [0.05, 0.1) is 11.1 Å². The Hall–Kier alpha value is -2.63. The van der Waals surface area contributed by atoms with Gasteiger partial charge in [-0.2, -0.15) is 0 Å². The van der Waals surface area contributed by atoms with Gasteiger partial charge >= 0.3 is 5.97 Å².